The molecular formula is C12H18N2O4S2. The van der Waals surface area contributed by atoms with Crippen molar-refractivity contribution < 1.29 is 18.3 Å². The first-order valence-corrected chi connectivity index (χ1v) is 8.69. The molecule has 1 N–H and O–H groups in total. The number of aryl methyl sites for hydroxylation is 2. The third kappa shape index (κ3) is 2.59. The van der Waals surface area contributed by atoms with E-state index < -0.39 is 22.0 Å². The van der Waals surface area contributed by atoms with Gasteiger partial charge in [0.25, 0.3) is 10.0 Å². The number of nitrogens with zero attached hydrogens (tertiary/aromatic N) is 2. The SMILES string of the molecule is Cc1nc(C)c(S(=O)(=O)N2CCCC(C)C2C(=O)O)s1. The molecule has 1 aromatic rings. The molecule has 2 rings (SSSR count). The molecule has 0 bridgehead atoms. The number of hydrogen-bond donors (Lipinski definition) is 1. The van der Waals surface area contributed by atoms with E-state index in [4.69, 9.17) is 0 Å². The van der Waals surface area contributed by atoms with Gasteiger partial charge in [0.1, 0.15) is 6.04 Å². The van der Waals surface area contributed by atoms with Gasteiger partial charge in [-0.05, 0) is 32.6 Å². The molecule has 1 fully saturated rings. The van der Waals surface area contributed by atoms with Crippen LogP contribution in [0.3, 0.4) is 0 Å². The summed E-state index contributed by atoms with van der Waals surface area (Å²) < 4.78 is 26.7. The third-order valence-electron chi connectivity index (χ3n) is 3.54. The lowest BCUT2D eigenvalue weighted by Crippen LogP contribution is -2.51. The van der Waals surface area contributed by atoms with Gasteiger partial charge in [0.15, 0.2) is 4.21 Å². The second-order valence-corrected chi connectivity index (χ2v) is 8.41. The topological polar surface area (TPSA) is 87.6 Å². The zero-order chi connectivity index (χ0) is 15.1. The number of piperidine rings is 1. The van der Waals surface area contributed by atoms with Gasteiger partial charge in [0.2, 0.25) is 0 Å². The van der Waals surface area contributed by atoms with Crippen LogP contribution in [0.15, 0.2) is 4.21 Å². The molecule has 8 heteroatoms. The number of hydrogen-bond acceptors (Lipinski definition) is 5. The van der Waals surface area contributed by atoms with Crippen LogP contribution in [0.4, 0.5) is 0 Å². The van der Waals surface area contributed by atoms with Gasteiger partial charge in [-0.3, -0.25) is 4.79 Å². The zero-order valence-corrected chi connectivity index (χ0v) is 13.3. The molecule has 0 aliphatic carbocycles. The monoisotopic (exact) mass is 318 g/mol. The smallest absolute Gasteiger partial charge is 0.322 e. The van der Waals surface area contributed by atoms with E-state index in [1.54, 1.807) is 20.8 Å². The van der Waals surface area contributed by atoms with Crippen LogP contribution in [0.1, 0.15) is 30.5 Å². The van der Waals surface area contributed by atoms with E-state index in [9.17, 15) is 18.3 Å². The molecular weight excluding hydrogens is 300 g/mol. The number of carboxylic acids is 1. The van der Waals surface area contributed by atoms with E-state index in [0.29, 0.717) is 17.1 Å². The second-order valence-electron chi connectivity index (χ2n) is 5.12. The predicted molar refractivity (Wildman–Crippen MR) is 75.3 cm³/mol. The molecule has 2 heterocycles. The van der Waals surface area contributed by atoms with Gasteiger partial charge in [-0.2, -0.15) is 4.31 Å². The van der Waals surface area contributed by atoms with Gasteiger partial charge < -0.3 is 5.11 Å². The minimum Gasteiger partial charge on any atom is -0.480 e. The van der Waals surface area contributed by atoms with Crippen LogP contribution in [0.5, 0.6) is 0 Å². The Morgan fingerprint density at radius 1 is 1.45 bits per heavy atom. The quantitative estimate of drug-likeness (QED) is 0.915. The van der Waals surface area contributed by atoms with Crippen LogP contribution in [-0.2, 0) is 14.8 Å². The standard InChI is InChI=1S/C12H18N2O4S2/c1-7-5-4-6-14(10(7)11(15)16)20(17,18)12-8(2)13-9(3)19-12/h7,10H,4-6H2,1-3H3,(H,15,16). The van der Waals surface area contributed by atoms with Crippen molar-refractivity contribution in [2.24, 2.45) is 5.92 Å². The highest BCUT2D eigenvalue weighted by Crippen LogP contribution is 2.32. The van der Waals surface area contributed by atoms with Gasteiger partial charge >= 0.3 is 5.97 Å². The lowest BCUT2D eigenvalue weighted by Gasteiger charge is -2.35. The summed E-state index contributed by atoms with van der Waals surface area (Å²) in [6, 6.07) is -0.990. The highest BCUT2D eigenvalue weighted by Gasteiger charge is 2.42. The van der Waals surface area contributed by atoms with E-state index in [0.717, 1.165) is 22.1 Å². The third-order valence-corrected chi connectivity index (χ3v) is 7.08. The molecule has 0 radical (unpaired) electrons. The fourth-order valence-corrected chi connectivity index (χ4v) is 5.96. The summed E-state index contributed by atoms with van der Waals surface area (Å²) in [6.07, 6.45) is 1.41. The Hall–Kier alpha value is -0.990. The van der Waals surface area contributed by atoms with Crippen molar-refractivity contribution in [3.8, 4) is 0 Å². The minimum absolute atomic E-state index is 0.162. The first-order valence-electron chi connectivity index (χ1n) is 6.44. The normalized spacial score (nSPS) is 24.8. The molecule has 6 nitrogen and oxygen atoms in total. The molecule has 0 saturated carbocycles. The van der Waals surface area contributed by atoms with Crippen molar-refractivity contribution in [3.05, 3.63) is 10.7 Å². The molecule has 1 aliphatic rings. The molecule has 1 aliphatic heterocycles. The Labute approximate surface area is 122 Å². The summed E-state index contributed by atoms with van der Waals surface area (Å²) in [5.74, 6) is -1.27. The van der Waals surface area contributed by atoms with Crippen molar-refractivity contribution in [1.82, 2.24) is 9.29 Å². The molecule has 2 atom stereocenters. The Morgan fingerprint density at radius 3 is 2.60 bits per heavy atom. The first kappa shape index (κ1) is 15.4. The fraction of sp³-hybridized carbons (Fsp3) is 0.667. The van der Waals surface area contributed by atoms with Crippen molar-refractivity contribution >= 4 is 27.3 Å². The van der Waals surface area contributed by atoms with Crippen LogP contribution < -0.4 is 0 Å². The van der Waals surface area contributed by atoms with Crippen LogP contribution in [0, 0.1) is 19.8 Å². The van der Waals surface area contributed by atoms with Gasteiger partial charge in [-0.15, -0.1) is 11.3 Å². The number of aromatic nitrogens is 1. The highest BCUT2D eigenvalue weighted by molar-refractivity contribution is 7.91. The van der Waals surface area contributed by atoms with Crippen molar-refractivity contribution in [1.29, 1.82) is 0 Å². The maximum Gasteiger partial charge on any atom is 0.322 e. The van der Waals surface area contributed by atoms with Gasteiger partial charge in [-0.25, -0.2) is 13.4 Å². The summed E-state index contributed by atoms with van der Waals surface area (Å²) in [4.78, 5) is 15.6. The fourth-order valence-electron chi connectivity index (χ4n) is 2.64. The molecule has 1 aromatic heterocycles. The molecule has 0 aromatic carbocycles. The maximum atomic E-state index is 12.7. The number of aliphatic carboxylic acids is 1. The molecule has 1 saturated heterocycles. The largest absolute Gasteiger partial charge is 0.480 e. The number of sulfonamides is 1. The number of rotatable bonds is 3. The number of thiazole rings is 1. The Kier molecular flexibility index (Phi) is 4.17. The average molecular weight is 318 g/mol. The lowest BCUT2D eigenvalue weighted by molar-refractivity contribution is -0.144. The first-order chi connectivity index (χ1) is 9.25. The van der Waals surface area contributed by atoms with Crippen LogP contribution in [-0.4, -0.2) is 41.4 Å². The Bertz CT molecular complexity index is 623. The Balaban J connectivity index is 2.46. The number of carbonyl (C=O) groups is 1. The average Bonchev–Trinajstić information content (AvgIpc) is 2.68. The summed E-state index contributed by atoms with van der Waals surface area (Å²) >= 11 is 1.10. The molecule has 2 unspecified atom stereocenters. The van der Waals surface area contributed by atoms with E-state index in [1.165, 1.54) is 0 Å². The lowest BCUT2D eigenvalue weighted by atomic mass is 9.93. The van der Waals surface area contributed by atoms with Gasteiger partial charge in [-0.1, -0.05) is 6.92 Å². The Morgan fingerprint density at radius 2 is 2.10 bits per heavy atom. The van der Waals surface area contributed by atoms with Crippen molar-refractivity contribution in [2.75, 3.05) is 6.54 Å². The summed E-state index contributed by atoms with van der Waals surface area (Å²) in [5.41, 5.74) is 0.440. The molecule has 0 amide bonds. The van der Waals surface area contributed by atoms with Crippen LogP contribution in [0.2, 0.25) is 0 Å². The predicted octanol–water partition coefficient (Wildman–Crippen LogP) is 1.63. The van der Waals surface area contributed by atoms with Gasteiger partial charge in [0, 0.05) is 6.54 Å². The van der Waals surface area contributed by atoms with E-state index in [1.807, 2.05) is 0 Å². The summed E-state index contributed by atoms with van der Waals surface area (Å²) in [5, 5.41) is 10.0. The van der Waals surface area contributed by atoms with E-state index in [2.05, 4.69) is 4.98 Å². The van der Waals surface area contributed by atoms with E-state index >= 15 is 0 Å². The van der Waals surface area contributed by atoms with E-state index in [-0.39, 0.29) is 16.7 Å². The summed E-state index contributed by atoms with van der Waals surface area (Å²) in [7, 11) is -3.79. The van der Waals surface area contributed by atoms with Gasteiger partial charge in [0.05, 0.1) is 10.7 Å². The summed E-state index contributed by atoms with van der Waals surface area (Å²) in [6.45, 7) is 5.41. The number of carboxylic acid groups (broad SMARTS) is 1. The molecule has 0 spiro atoms. The highest BCUT2D eigenvalue weighted by atomic mass is 32.2. The maximum absolute atomic E-state index is 12.7. The van der Waals surface area contributed by atoms with Crippen LogP contribution in [0.25, 0.3) is 0 Å². The second kappa shape index (κ2) is 5.42. The van der Waals surface area contributed by atoms with Crippen LogP contribution >= 0.6 is 11.3 Å². The minimum atomic E-state index is -3.79. The molecule has 20 heavy (non-hydrogen) atoms. The van der Waals surface area contributed by atoms with Crippen molar-refractivity contribution in [3.63, 3.8) is 0 Å². The van der Waals surface area contributed by atoms with Crippen molar-refractivity contribution in [2.45, 2.75) is 43.9 Å². The molecule has 112 valence electrons. The zero-order valence-electron chi connectivity index (χ0n) is 11.7.